The molecule has 0 aromatic heterocycles. The van der Waals surface area contributed by atoms with Gasteiger partial charge in [-0.15, -0.1) is 0 Å². The number of nitrogens with zero attached hydrogens (tertiary/aromatic N) is 1. The summed E-state index contributed by atoms with van der Waals surface area (Å²) < 4.78 is 0. The van der Waals surface area contributed by atoms with E-state index in [-0.39, 0.29) is 0 Å². The zero-order valence-electron chi connectivity index (χ0n) is 10.2. The van der Waals surface area contributed by atoms with Gasteiger partial charge in [0, 0.05) is 13.6 Å². The van der Waals surface area contributed by atoms with E-state index in [4.69, 9.17) is 5.73 Å². The first kappa shape index (κ1) is 11.9. The van der Waals surface area contributed by atoms with Gasteiger partial charge in [0.15, 0.2) is 0 Å². The number of hydrogen-bond acceptors (Lipinski definition) is 2. The topological polar surface area (TPSA) is 29.3 Å². The van der Waals surface area contributed by atoms with Gasteiger partial charge in [0.2, 0.25) is 0 Å². The maximum atomic E-state index is 5.99. The van der Waals surface area contributed by atoms with Crippen molar-refractivity contribution in [3.63, 3.8) is 0 Å². The van der Waals surface area contributed by atoms with Crippen molar-refractivity contribution in [3.05, 3.63) is 23.8 Å². The predicted octanol–water partition coefficient (Wildman–Crippen LogP) is 3.06. The highest BCUT2D eigenvalue weighted by Gasteiger charge is 2.08. The molecule has 2 N–H and O–H groups in total. The molecule has 0 aliphatic heterocycles. The van der Waals surface area contributed by atoms with Crippen LogP contribution >= 0.6 is 0 Å². The Morgan fingerprint density at radius 2 is 2.00 bits per heavy atom. The third-order valence-corrected chi connectivity index (χ3v) is 2.69. The molecule has 0 amide bonds. The number of anilines is 2. The molecule has 0 radical (unpaired) electrons. The van der Waals surface area contributed by atoms with Crippen LogP contribution in [0, 0.1) is 12.8 Å². The van der Waals surface area contributed by atoms with Gasteiger partial charge in [-0.05, 0) is 30.9 Å². The van der Waals surface area contributed by atoms with Crippen LogP contribution in [-0.4, -0.2) is 13.6 Å². The number of nitrogens with two attached hydrogens (primary N) is 1. The average Bonchev–Trinajstić information content (AvgIpc) is 2.14. The molecule has 0 unspecified atom stereocenters. The van der Waals surface area contributed by atoms with Gasteiger partial charge in [-0.1, -0.05) is 26.0 Å². The number of benzene rings is 1. The van der Waals surface area contributed by atoms with E-state index in [1.807, 2.05) is 12.1 Å². The zero-order chi connectivity index (χ0) is 11.4. The second kappa shape index (κ2) is 5.06. The van der Waals surface area contributed by atoms with Crippen molar-refractivity contribution < 1.29 is 0 Å². The Kier molecular flexibility index (Phi) is 4.01. The summed E-state index contributed by atoms with van der Waals surface area (Å²) in [5.74, 6) is 0.734. The maximum Gasteiger partial charge on any atom is 0.0627 e. The molecule has 1 aromatic rings. The van der Waals surface area contributed by atoms with E-state index in [1.54, 1.807) is 0 Å². The van der Waals surface area contributed by atoms with E-state index in [1.165, 1.54) is 17.7 Å². The van der Waals surface area contributed by atoms with E-state index in [9.17, 15) is 0 Å². The highest BCUT2D eigenvalue weighted by molar-refractivity contribution is 5.70. The molecule has 1 aromatic carbocycles. The molecule has 0 aliphatic carbocycles. The van der Waals surface area contributed by atoms with Gasteiger partial charge in [0.1, 0.15) is 0 Å². The third-order valence-electron chi connectivity index (χ3n) is 2.69. The monoisotopic (exact) mass is 206 g/mol. The molecule has 84 valence electrons. The largest absolute Gasteiger partial charge is 0.397 e. The smallest absolute Gasteiger partial charge is 0.0627 e. The first-order chi connectivity index (χ1) is 7.02. The minimum Gasteiger partial charge on any atom is -0.397 e. The minimum absolute atomic E-state index is 0.734. The summed E-state index contributed by atoms with van der Waals surface area (Å²) in [7, 11) is 2.11. The fourth-order valence-electron chi connectivity index (χ4n) is 1.77. The molecule has 0 bridgehead atoms. The average molecular weight is 206 g/mol. The lowest BCUT2D eigenvalue weighted by Gasteiger charge is -2.24. The molecular formula is C13H22N2. The Balaban J connectivity index is 2.77. The number of nitrogen functional groups attached to an aromatic ring is 1. The fraction of sp³-hybridized carbons (Fsp3) is 0.538. The lowest BCUT2D eigenvalue weighted by Crippen LogP contribution is -2.21. The van der Waals surface area contributed by atoms with Gasteiger partial charge in [-0.3, -0.25) is 0 Å². The van der Waals surface area contributed by atoms with Crippen molar-refractivity contribution >= 4 is 11.4 Å². The summed E-state index contributed by atoms with van der Waals surface area (Å²) in [6, 6.07) is 6.08. The van der Waals surface area contributed by atoms with Crippen molar-refractivity contribution in [2.45, 2.75) is 27.2 Å². The molecule has 0 heterocycles. The van der Waals surface area contributed by atoms with Gasteiger partial charge in [-0.2, -0.15) is 0 Å². The zero-order valence-corrected chi connectivity index (χ0v) is 10.2. The van der Waals surface area contributed by atoms with E-state index in [0.717, 1.165) is 18.2 Å². The van der Waals surface area contributed by atoms with E-state index < -0.39 is 0 Å². The Morgan fingerprint density at radius 1 is 1.33 bits per heavy atom. The standard InChI is InChI=1S/C13H22N2/c1-10(2)8-9-15(4)13-11(3)6-5-7-12(13)14/h5-7,10H,8-9,14H2,1-4H3. The van der Waals surface area contributed by atoms with E-state index in [0.29, 0.717) is 0 Å². The molecular weight excluding hydrogens is 184 g/mol. The molecule has 0 saturated heterocycles. The van der Waals surface area contributed by atoms with Crippen LogP contribution in [0.3, 0.4) is 0 Å². The summed E-state index contributed by atoms with van der Waals surface area (Å²) in [6.45, 7) is 7.66. The molecule has 0 atom stereocenters. The van der Waals surface area contributed by atoms with Crippen LogP contribution in [0.2, 0.25) is 0 Å². The first-order valence-electron chi connectivity index (χ1n) is 5.58. The highest BCUT2D eigenvalue weighted by atomic mass is 15.1. The Bertz CT molecular complexity index is 298. The molecule has 0 saturated carbocycles. The van der Waals surface area contributed by atoms with Gasteiger partial charge < -0.3 is 10.6 Å². The maximum absolute atomic E-state index is 5.99. The minimum atomic E-state index is 0.734. The molecule has 2 heteroatoms. The SMILES string of the molecule is Cc1cccc(N)c1N(C)CCC(C)C. The molecule has 1 rings (SSSR count). The van der Waals surface area contributed by atoms with Gasteiger partial charge in [-0.25, -0.2) is 0 Å². The Labute approximate surface area is 93.1 Å². The van der Waals surface area contributed by atoms with Crippen molar-refractivity contribution in [1.29, 1.82) is 0 Å². The fourth-order valence-corrected chi connectivity index (χ4v) is 1.77. The molecule has 15 heavy (non-hydrogen) atoms. The second-order valence-corrected chi connectivity index (χ2v) is 4.62. The summed E-state index contributed by atoms with van der Waals surface area (Å²) in [5.41, 5.74) is 9.29. The molecule has 2 nitrogen and oxygen atoms in total. The van der Waals surface area contributed by atoms with Crippen LogP contribution in [0.4, 0.5) is 11.4 Å². The van der Waals surface area contributed by atoms with Crippen LogP contribution in [-0.2, 0) is 0 Å². The lowest BCUT2D eigenvalue weighted by atomic mass is 10.1. The quantitative estimate of drug-likeness (QED) is 0.767. The van der Waals surface area contributed by atoms with Crippen molar-refractivity contribution in [1.82, 2.24) is 0 Å². The van der Waals surface area contributed by atoms with Crippen LogP contribution in [0.1, 0.15) is 25.8 Å². The summed E-state index contributed by atoms with van der Waals surface area (Å²) in [5, 5.41) is 0. The van der Waals surface area contributed by atoms with E-state index in [2.05, 4.69) is 38.8 Å². The molecule has 0 aliphatic rings. The van der Waals surface area contributed by atoms with Crippen LogP contribution < -0.4 is 10.6 Å². The van der Waals surface area contributed by atoms with Crippen molar-refractivity contribution in [2.24, 2.45) is 5.92 Å². The van der Waals surface area contributed by atoms with Crippen LogP contribution in [0.15, 0.2) is 18.2 Å². The van der Waals surface area contributed by atoms with Crippen molar-refractivity contribution in [3.8, 4) is 0 Å². The first-order valence-corrected chi connectivity index (χ1v) is 5.58. The lowest BCUT2D eigenvalue weighted by molar-refractivity contribution is 0.585. The summed E-state index contributed by atoms with van der Waals surface area (Å²) >= 11 is 0. The van der Waals surface area contributed by atoms with Crippen molar-refractivity contribution in [2.75, 3.05) is 24.2 Å². The second-order valence-electron chi connectivity index (χ2n) is 4.62. The third kappa shape index (κ3) is 3.15. The normalized spacial score (nSPS) is 10.7. The van der Waals surface area contributed by atoms with Crippen LogP contribution in [0.25, 0.3) is 0 Å². The van der Waals surface area contributed by atoms with E-state index >= 15 is 0 Å². The molecule has 0 spiro atoms. The number of hydrogen-bond donors (Lipinski definition) is 1. The number of para-hydroxylation sites is 1. The number of rotatable bonds is 4. The highest BCUT2D eigenvalue weighted by Crippen LogP contribution is 2.26. The Hall–Kier alpha value is -1.18. The molecule has 0 fully saturated rings. The Morgan fingerprint density at radius 3 is 2.53 bits per heavy atom. The summed E-state index contributed by atoms with van der Waals surface area (Å²) in [4.78, 5) is 2.25. The number of aryl methyl sites for hydroxylation is 1. The predicted molar refractivity (Wildman–Crippen MR) is 68.3 cm³/mol. The van der Waals surface area contributed by atoms with Gasteiger partial charge in [0.25, 0.3) is 0 Å². The van der Waals surface area contributed by atoms with Gasteiger partial charge in [0.05, 0.1) is 11.4 Å². The van der Waals surface area contributed by atoms with Crippen LogP contribution in [0.5, 0.6) is 0 Å². The van der Waals surface area contributed by atoms with Gasteiger partial charge >= 0.3 is 0 Å². The summed E-state index contributed by atoms with van der Waals surface area (Å²) in [6.07, 6.45) is 1.20.